The molecule has 2 aromatic rings. The first kappa shape index (κ1) is 15.5. The van der Waals surface area contributed by atoms with E-state index in [1.807, 2.05) is 0 Å². The topological polar surface area (TPSA) is 88.5 Å². The molecule has 2 aromatic heterocycles. The van der Waals surface area contributed by atoms with E-state index in [0.29, 0.717) is 11.6 Å². The van der Waals surface area contributed by atoms with Gasteiger partial charge >= 0.3 is 6.18 Å². The minimum absolute atomic E-state index is 0.00230. The van der Waals surface area contributed by atoms with E-state index in [-0.39, 0.29) is 31.6 Å². The maximum atomic E-state index is 12.9. The number of amides is 1. The summed E-state index contributed by atoms with van der Waals surface area (Å²) in [5.74, 6) is -0.996. The van der Waals surface area contributed by atoms with Crippen molar-refractivity contribution in [2.24, 2.45) is 5.92 Å². The molecule has 0 spiro atoms. The van der Waals surface area contributed by atoms with Gasteiger partial charge in [-0.15, -0.1) is 10.2 Å². The SMILES string of the molecule is Cc1cc(C(=O)NCc2nnc3n2C[C@@H](C(F)(F)F)CC3)n[nH]1. The van der Waals surface area contributed by atoms with E-state index in [1.54, 1.807) is 13.0 Å². The Bertz CT molecular complexity index is 720. The fourth-order valence-corrected chi connectivity index (χ4v) is 2.57. The smallest absolute Gasteiger partial charge is 0.343 e. The van der Waals surface area contributed by atoms with Crippen LogP contribution in [0.2, 0.25) is 0 Å². The van der Waals surface area contributed by atoms with Crippen LogP contribution in [0.1, 0.15) is 34.3 Å². The second kappa shape index (κ2) is 5.67. The van der Waals surface area contributed by atoms with Crippen LogP contribution in [0.15, 0.2) is 6.07 Å². The molecule has 2 N–H and O–H groups in total. The lowest BCUT2D eigenvalue weighted by atomic mass is 9.99. The first-order valence-electron chi connectivity index (χ1n) is 7.12. The van der Waals surface area contributed by atoms with E-state index in [0.717, 1.165) is 5.69 Å². The van der Waals surface area contributed by atoms with Crippen LogP contribution in [0, 0.1) is 12.8 Å². The Balaban J connectivity index is 1.68. The van der Waals surface area contributed by atoms with Gasteiger partial charge in [0, 0.05) is 18.7 Å². The van der Waals surface area contributed by atoms with Gasteiger partial charge < -0.3 is 9.88 Å². The summed E-state index contributed by atoms with van der Waals surface area (Å²) in [6.45, 7) is 1.55. The summed E-state index contributed by atoms with van der Waals surface area (Å²) in [4.78, 5) is 11.9. The van der Waals surface area contributed by atoms with Gasteiger partial charge in [0.2, 0.25) is 0 Å². The number of hydrogen-bond donors (Lipinski definition) is 2. The van der Waals surface area contributed by atoms with Crippen molar-refractivity contribution in [3.8, 4) is 0 Å². The number of nitrogens with zero attached hydrogens (tertiary/aromatic N) is 4. The van der Waals surface area contributed by atoms with Gasteiger partial charge in [0.25, 0.3) is 5.91 Å². The number of hydrogen-bond acceptors (Lipinski definition) is 4. The lowest BCUT2D eigenvalue weighted by Crippen LogP contribution is -2.34. The standard InChI is InChI=1S/C13H15F3N6O/c1-7-4-9(19-18-7)12(23)17-5-11-21-20-10-3-2-8(6-22(10)11)13(14,15)16/h4,8H,2-3,5-6H2,1H3,(H,17,23)(H,18,19)/t8-/m0/s1. The van der Waals surface area contributed by atoms with E-state index in [4.69, 9.17) is 0 Å². The highest BCUT2D eigenvalue weighted by Crippen LogP contribution is 2.34. The number of rotatable bonds is 3. The van der Waals surface area contributed by atoms with Gasteiger partial charge in [0.15, 0.2) is 5.82 Å². The predicted molar refractivity (Wildman–Crippen MR) is 72.4 cm³/mol. The minimum Gasteiger partial charge on any atom is -0.343 e. The number of carbonyl (C=O) groups is 1. The third-order valence-electron chi connectivity index (χ3n) is 3.83. The number of fused-ring (bicyclic) bond motifs is 1. The molecule has 10 heteroatoms. The van der Waals surface area contributed by atoms with Crippen LogP contribution in [0.5, 0.6) is 0 Å². The number of nitrogens with one attached hydrogen (secondary N) is 2. The quantitative estimate of drug-likeness (QED) is 0.890. The van der Waals surface area contributed by atoms with Crippen molar-refractivity contribution in [1.29, 1.82) is 0 Å². The summed E-state index contributed by atoms with van der Waals surface area (Å²) >= 11 is 0. The zero-order valence-corrected chi connectivity index (χ0v) is 12.3. The molecular weight excluding hydrogens is 313 g/mol. The van der Waals surface area contributed by atoms with Crippen molar-refractivity contribution in [2.75, 3.05) is 0 Å². The summed E-state index contributed by atoms with van der Waals surface area (Å²) in [7, 11) is 0. The summed E-state index contributed by atoms with van der Waals surface area (Å²) in [5, 5.41) is 16.8. The van der Waals surface area contributed by atoms with E-state index >= 15 is 0 Å². The molecule has 0 aromatic carbocycles. The molecule has 3 heterocycles. The molecule has 1 aliphatic heterocycles. The summed E-state index contributed by atoms with van der Waals surface area (Å²) in [6.07, 6.45) is -4.00. The fraction of sp³-hybridized carbons (Fsp3) is 0.538. The van der Waals surface area contributed by atoms with E-state index in [2.05, 4.69) is 25.7 Å². The second-order valence-electron chi connectivity index (χ2n) is 5.54. The van der Waals surface area contributed by atoms with E-state index < -0.39 is 18.0 Å². The number of halogens is 3. The molecule has 23 heavy (non-hydrogen) atoms. The summed E-state index contributed by atoms with van der Waals surface area (Å²) in [6, 6.07) is 1.58. The number of aromatic amines is 1. The first-order valence-corrected chi connectivity index (χ1v) is 7.12. The van der Waals surface area contributed by atoms with Crippen LogP contribution in [0.4, 0.5) is 13.2 Å². The Kier molecular flexibility index (Phi) is 3.82. The average Bonchev–Trinajstić information content (AvgIpc) is 3.09. The molecule has 1 aliphatic rings. The normalized spacial score (nSPS) is 17.8. The number of H-pyrrole nitrogens is 1. The van der Waals surface area contributed by atoms with Gasteiger partial charge in [-0.25, -0.2) is 0 Å². The highest BCUT2D eigenvalue weighted by atomic mass is 19.4. The van der Waals surface area contributed by atoms with Crippen LogP contribution in [-0.4, -0.2) is 37.0 Å². The maximum absolute atomic E-state index is 12.9. The maximum Gasteiger partial charge on any atom is 0.393 e. The summed E-state index contributed by atoms with van der Waals surface area (Å²) < 4.78 is 40.1. The van der Waals surface area contributed by atoms with Gasteiger partial charge in [-0.1, -0.05) is 0 Å². The van der Waals surface area contributed by atoms with Crippen LogP contribution in [-0.2, 0) is 19.5 Å². The largest absolute Gasteiger partial charge is 0.393 e. The van der Waals surface area contributed by atoms with E-state index in [1.165, 1.54) is 4.57 Å². The molecule has 0 bridgehead atoms. The lowest BCUT2D eigenvalue weighted by molar-refractivity contribution is -0.182. The molecule has 0 saturated heterocycles. The first-order chi connectivity index (χ1) is 10.8. The van der Waals surface area contributed by atoms with Crippen LogP contribution >= 0.6 is 0 Å². The average molecular weight is 328 g/mol. The molecular formula is C13H15F3N6O. The Labute approximate surface area is 129 Å². The van der Waals surface area contributed by atoms with Crippen molar-refractivity contribution < 1.29 is 18.0 Å². The summed E-state index contributed by atoms with van der Waals surface area (Å²) in [5.41, 5.74) is 0.956. The highest BCUT2D eigenvalue weighted by Gasteiger charge is 2.42. The molecule has 7 nitrogen and oxygen atoms in total. The van der Waals surface area contributed by atoms with Crippen LogP contribution < -0.4 is 5.32 Å². The molecule has 0 radical (unpaired) electrons. The van der Waals surface area contributed by atoms with Gasteiger partial charge in [-0.2, -0.15) is 18.3 Å². The Morgan fingerprint density at radius 2 is 2.26 bits per heavy atom. The molecule has 3 rings (SSSR count). The Morgan fingerprint density at radius 1 is 1.48 bits per heavy atom. The molecule has 0 saturated carbocycles. The zero-order valence-electron chi connectivity index (χ0n) is 12.3. The number of aromatic nitrogens is 5. The fourth-order valence-electron chi connectivity index (χ4n) is 2.57. The molecule has 0 aliphatic carbocycles. The van der Waals surface area contributed by atoms with Crippen LogP contribution in [0.25, 0.3) is 0 Å². The molecule has 1 atom stereocenters. The third kappa shape index (κ3) is 3.20. The monoisotopic (exact) mass is 328 g/mol. The predicted octanol–water partition coefficient (Wildman–Crippen LogP) is 1.36. The van der Waals surface area contributed by atoms with Gasteiger partial charge in [0.1, 0.15) is 11.5 Å². The van der Waals surface area contributed by atoms with Gasteiger partial charge in [-0.05, 0) is 19.4 Å². The Hall–Kier alpha value is -2.39. The molecule has 0 unspecified atom stereocenters. The number of alkyl halides is 3. The third-order valence-corrected chi connectivity index (χ3v) is 3.83. The highest BCUT2D eigenvalue weighted by molar-refractivity contribution is 5.92. The van der Waals surface area contributed by atoms with Crippen molar-refractivity contribution in [3.05, 3.63) is 29.1 Å². The number of carbonyl (C=O) groups excluding carboxylic acids is 1. The van der Waals surface area contributed by atoms with Crippen molar-refractivity contribution in [1.82, 2.24) is 30.3 Å². The van der Waals surface area contributed by atoms with Gasteiger partial charge in [-0.3, -0.25) is 9.89 Å². The van der Waals surface area contributed by atoms with Gasteiger partial charge in [0.05, 0.1) is 12.5 Å². The van der Waals surface area contributed by atoms with E-state index in [9.17, 15) is 18.0 Å². The molecule has 124 valence electrons. The van der Waals surface area contributed by atoms with Crippen LogP contribution in [0.3, 0.4) is 0 Å². The van der Waals surface area contributed by atoms with Crippen molar-refractivity contribution >= 4 is 5.91 Å². The second-order valence-corrected chi connectivity index (χ2v) is 5.54. The lowest BCUT2D eigenvalue weighted by Gasteiger charge is -2.26. The molecule has 1 amide bonds. The van der Waals surface area contributed by atoms with Crippen molar-refractivity contribution in [2.45, 2.75) is 39.0 Å². The minimum atomic E-state index is -4.24. The number of aryl methyl sites for hydroxylation is 2. The van der Waals surface area contributed by atoms with Crippen molar-refractivity contribution in [3.63, 3.8) is 0 Å². The molecule has 0 fully saturated rings. The Morgan fingerprint density at radius 3 is 2.91 bits per heavy atom. The zero-order chi connectivity index (χ0) is 16.6.